The Morgan fingerprint density at radius 3 is 2.75 bits per heavy atom. The molecule has 0 unspecified atom stereocenters. The Morgan fingerprint density at radius 2 is 2.00 bits per heavy atom. The van der Waals surface area contributed by atoms with E-state index in [0.29, 0.717) is 13.2 Å². The molecule has 1 aliphatic rings. The minimum absolute atomic E-state index is 0.603. The van der Waals surface area contributed by atoms with Crippen LogP contribution in [0.3, 0.4) is 0 Å². The van der Waals surface area contributed by atoms with E-state index in [1.807, 2.05) is 23.6 Å². The molecule has 0 aliphatic carbocycles. The van der Waals surface area contributed by atoms with E-state index in [9.17, 15) is 0 Å². The molecule has 2 heterocycles. The Kier molecular flexibility index (Phi) is 2.49. The van der Waals surface area contributed by atoms with Gasteiger partial charge in [0.15, 0.2) is 11.5 Å². The number of thiazole rings is 1. The highest BCUT2D eigenvalue weighted by molar-refractivity contribution is 7.80. The molecule has 0 N–H and O–H groups in total. The normalized spacial score (nSPS) is 13.8. The molecule has 0 saturated carbocycles. The molecule has 0 radical (unpaired) electrons. The summed E-state index contributed by atoms with van der Waals surface area (Å²) >= 11 is 5.77. The fourth-order valence-corrected chi connectivity index (χ4v) is 2.58. The van der Waals surface area contributed by atoms with Crippen LogP contribution in [-0.4, -0.2) is 18.2 Å². The van der Waals surface area contributed by atoms with Gasteiger partial charge in [-0.05, 0) is 18.2 Å². The number of nitrogens with zero attached hydrogens (tertiary/aromatic N) is 1. The van der Waals surface area contributed by atoms with E-state index in [4.69, 9.17) is 9.47 Å². The first-order chi connectivity index (χ1) is 7.83. The molecule has 0 atom stereocenters. The predicted octanol–water partition coefficient (Wildman–Crippen LogP) is 2.87. The van der Waals surface area contributed by atoms with E-state index in [-0.39, 0.29) is 0 Å². The van der Waals surface area contributed by atoms with Crippen LogP contribution in [0, 0.1) is 0 Å². The minimum atomic E-state index is 0.603. The van der Waals surface area contributed by atoms with Crippen LogP contribution in [0.4, 0.5) is 0 Å². The molecule has 3 rings (SSSR count). The van der Waals surface area contributed by atoms with Crippen LogP contribution >= 0.6 is 24.0 Å². The van der Waals surface area contributed by atoms with Gasteiger partial charge in [0, 0.05) is 10.9 Å². The van der Waals surface area contributed by atoms with Crippen molar-refractivity contribution in [3.8, 4) is 22.1 Å². The molecule has 1 aliphatic heterocycles. The first-order valence-electron chi connectivity index (χ1n) is 4.87. The lowest BCUT2D eigenvalue weighted by molar-refractivity contribution is 0.171. The highest BCUT2D eigenvalue weighted by Gasteiger charge is 2.13. The van der Waals surface area contributed by atoms with Crippen molar-refractivity contribution in [1.82, 2.24) is 4.98 Å². The number of rotatable bonds is 1. The van der Waals surface area contributed by atoms with Crippen LogP contribution in [-0.2, 0) is 0 Å². The number of hydrogen-bond donors (Lipinski definition) is 1. The lowest BCUT2D eigenvalue weighted by Gasteiger charge is -2.18. The summed E-state index contributed by atoms with van der Waals surface area (Å²) in [7, 11) is 0. The van der Waals surface area contributed by atoms with Gasteiger partial charge < -0.3 is 9.47 Å². The van der Waals surface area contributed by atoms with Gasteiger partial charge in [0.25, 0.3) is 0 Å². The summed E-state index contributed by atoms with van der Waals surface area (Å²) in [4.78, 5) is 4.32. The second kappa shape index (κ2) is 3.99. The Labute approximate surface area is 102 Å². The van der Waals surface area contributed by atoms with Crippen molar-refractivity contribution in [3.05, 3.63) is 23.6 Å². The van der Waals surface area contributed by atoms with E-state index < -0.39 is 0 Å². The molecule has 16 heavy (non-hydrogen) atoms. The Balaban J connectivity index is 2.02. The molecule has 5 heteroatoms. The fraction of sp³-hybridized carbons (Fsp3) is 0.182. The smallest absolute Gasteiger partial charge is 0.162 e. The summed E-state index contributed by atoms with van der Waals surface area (Å²) < 4.78 is 11.0. The van der Waals surface area contributed by atoms with Crippen molar-refractivity contribution in [2.45, 2.75) is 5.03 Å². The highest BCUT2D eigenvalue weighted by atomic mass is 32.1. The van der Waals surface area contributed by atoms with Crippen LogP contribution < -0.4 is 9.47 Å². The predicted molar refractivity (Wildman–Crippen MR) is 65.8 cm³/mol. The van der Waals surface area contributed by atoms with E-state index in [2.05, 4.69) is 17.6 Å². The molecule has 0 fully saturated rings. The largest absolute Gasteiger partial charge is 0.486 e. The van der Waals surface area contributed by atoms with E-state index in [1.165, 1.54) is 0 Å². The van der Waals surface area contributed by atoms with Gasteiger partial charge in [-0.2, -0.15) is 0 Å². The number of thiol groups is 1. The highest BCUT2D eigenvalue weighted by Crippen LogP contribution is 2.35. The molecule has 0 bridgehead atoms. The molecule has 1 aromatic carbocycles. The molecular formula is C11H9NO2S2. The number of hydrogen-bond acceptors (Lipinski definition) is 5. The third-order valence-corrected chi connectivity index (χ3v) is 3.58. The van der Waals surface area contributed by atoms with Gasteiger partial charge in [0.1, 0.15) is 23.2 Å². The SMILES string of the molecule is Sc1csc(-c2ccc3c(c2)OCCO3)n1. The van der Waals surface area contributed by atoms with Gasteiger partial charge in [-0.3, -0.25) is 0 Å². The maximum absolute atomic E-state index is 5.53. The van der Waals surface area contributed by atoms with E-state index >= 15 is 0 Å². The van der Waals surface area contributed by atoms with E-state index in [0.717, 1.165) is 27.1 Å². The van der Waals surface area contributed by atoms with Crippen LogP contribution in [0.2, 0.25) is 0 Å². The topological polar surface area (TPSA) is 31.4 Å². The van der Waals surface area contributed by atoms with Crippen molar-refractivity contribution in [1.29, 1.82) is 0 Å². The second-order valence-electron chi connectivity index (χ2n) is 3.37. The van der Waals surface area contributed by atoms with Crippen molar-refractivity contribution in [2.24, 2.45) is 0 Å². The van der Waals surface area contributed by atoms with Crippen LogP contribution in [0.15, 0.2) is 28.6 Å². The van der Waals surface area contributed by atoms with Gasteiger partial charge in [0.2, 0.25) is 0 Å². The quantitative estimate of drug-likeness (QED) is 0.791. The number of benzene rings is 1. The van der Waals surface area contributed by atoms with Gasteiger partial charge in [-0.1, -0.05) is 0 Å². The second-order valence-corrected chi connectivity index (χ2v) is 4.69. The maximum atomic E-state index is 5.53. The van der Waals surface area contributed by atoms with Gasteiger partial charge >= 0.3 is 0 Å². The Bertz CT molecular complexity index is 524. The molecule has 2 aromatic rings. The zero-order valence-electron chi connectivity index (χ0n) is 8.34. The Morgan fingerprint density at radius 1 is 1.19 bits per heavy atom. The summed E-state index contributed by atoms with van der Waals surface area (Å²) in [5.41, 5.74) is 1.04. The standard InChI is InChI=1S/C11H9NO2S2/c15-10-6-16-11(12-10)7-1-2-8-9(5-7)14-4-3-13-8/h1-2,5-6,15H,3-4H2. The number of ether oxygens (including phenoxy) is 2. The molecule has 1 aromatic heterocycles. The zero-order valence-corrected chi connectivity index (χ0v) is 10.1. The summed E-state index contributed by atoms with van der Waals surface area (Å²) in [6, 6.07) is 5.86. The minimum Gasteiger partial charge on any atom is -0.486 e. The summed E-state index contributed by atoms with van der Waals surface area (Å²) in [6.45, 7) is 1.22. The summed E-state index contributed by atoms with van der Waals surface area (Å²) in [5.74, 6) is 1.59. The average Bonchev–Trinajstić information content (AvgIpc) is 2.75. The first-order valence-corrected chi connectivity index (χ1v) is 6.20. The molecular weight excluding hydrogens is 242 g/mol. The summed E-state index contributed by atoms with van der Waals surface area (Å²) in [6.07, 6.45) is 0. The number of aromatic nitrogens is 1. The molecule has 0 saturated heterocycles. The average molecular weight is 251 g/mol. The zero-order chi connectivity index (χ0) is 11.0. The number of fused-ring (bicyclic) bond motifs is 1. The molecule has 3 nitrogen and oxygen atoms in total. The summed E-state index contributed by atoms with van der Waals surface area (Å²) in [5, 5.41) is 3.60. The molecule has 0 amide bonds. The lowest BCUT2D eigenvalue weighted by atomic mass is 10.2. The monoisotopic (exact) mass is 251 g/mol. The van der Waals surface area contributed by atoms with Crippen molar-refractivity contribution < 1.29 is 9.47 Å². The van der Waals surface area contributed by atoms with Crippen molar-refractivity contribution in [3.63, 3.8) is 0 Å². The maximum Gasteiger partial charge on any atom is 0.162 e. The molecule has 82 valence electrons. The van der Waals surface area contributed by atoms with Gasteiger partial charge in [-0.25, -0.2) is 4.98 Å². The first kappa shape index (κ1) is 9.99. The lowest BCUT2D eigenvalue weighted by Crippen LogP contribution is -2.15. The molecule has 0 spiro atoms. The van der Waals surface area contributed by atoms with Crippen LogP contribution in [0.5, 0.6) is 11.5 Å². The third-order valence-electron chi connectivity index (χ3n) is 2.28. The van der Waals surface area contributed by atoms with Crippen molar-refractivity contribution in [2.75, 3.05) is 13.2 Å². The third kappa shape index (κ3) is 1.76. The van der Waals surface area contributed by atoms with E-state index in [1.54, 1.807) is 11.3 Å². The van der Waals surface area contributed by atoms with Gasteiger partial charge in [-0.15, -0.1) is 24.0 Å². The Hall–Kier alpha value is -1.20. The van der Waals surface area contributed by atoms with Crippen LogP contribution in [0.25, 0.3) is 10.6 Å². The van der Waals surface area contributed by atoms with Gasteiger partial charge in [0.05, 0.1) is 0 Å². The van der Waals surface area contributed by atoms with Crippen molar-refractivity contribution >= 4 is 24.0 Å². The van der Waals surface area contributed by atoms with Crippen LogP contribution in [0.1, 0.15) is 0 Å². The fourth-order valence-electron chi connectivity index (χ4n) is 1.57.